The van der Waals surface area contributed by atoms with Crippen molar-refractivity contribution < 1.29 is 4.74 Å². The summed E-state index contributed by atoms with van der Waals surface area (Å²) in [7, 11) is 1.67. The summed E-state index contributed by atoms with van der Waals surface area (Å²) in [6, 6.07) is 18.5. The van der Waals surface area contributed by atoms with Crippen LogP contribution < -0.4 is 4.74 Å². The summed E-state index contributed by atoms with van der Waals surface area (Å²) in [5.41, 5.74) is 2.34. The molecular formula is C22H23N5OS. The molecule has 0 atom stereocenters. The van der Waals surface area contributed by atoms with E-state index in [1.165, 1.54) is 5.56 Å². The normalized spacial score (nSPS) is 10.9. The molecule has 0 aliphatic heterocycles. The molecular weight excluding hydrogens is 382 g/mol. The van der Waals surface area contributed by atoms with E-state index in [0.717, 1.165) is 47.6 Å². The molecule has 2 heterocycles. The second-order valence-electron chi connectivity index (χ2n) is 6.57. The Morgan fingerprint density at radius 2 is 1.79 bits per heavy atom. The second-order valence-corrected chi connectivity index (χ2v) is 7.63. The maximum absolute atomic E-state index is 5.28. The van der Waals surface area contributed by atoms with Gasteiger partial charge in [0.2, 0.25) is 0 Å². The molecule has 0 radical (unpaired) electrons. The highest BCUT2D eigenvalue weighted by Crippen LogP contribution is 2.26. The monoisotopic (exact) mass is 405 g/mol. The van der Waals surface area contributed by atoms with E-state index in [0.29, 0.717) is 0 Å². The highest BCUT2D eigenvalue weighted by molar-refractivity contribution is 7.99. The van der Waals surface area contributed by atoms with Gasteiger partial charge in [0.15, 0.2) is 11.0 Å². The molecule has 2 aromatic carbocycles. The predicted octanol–water partition coefficient (Wildman–Crippen LogP) is 4.19. The molecule has 6 nitrogen and oxygen atoms in total. The summed E-state index contributed by atoms with van der Waals surface area (Å²) in [6.45, 7) is 1.71. The maximum Gasteiger partial charge on any atom is 0.191 e. The minimum atomic E-state index is 0.825. The van der Waals surface area contributed by atoms with Crippen molar-refractivity contribution in [3.8, 4) is 17.1 Å². The van der Waals surface area contributed by atoms with E-state index in [-0.39, 0.29) is 0 Å². The topological polar surface area (TPSA) is 57.8 Å². The fraction of sp³-hybridized carbons (Fsp3) is 0.227. The minimum absolute atomic E-state index is 0.825. The minimum Gasteiger partial charge on any atom is -0.497 e. The van der Waals surface area contributed by atoms with Crippen LogP contribution in [0.5, 0.6) is 5.75 Å². The second kappa shape index (κ2) is 9.43. The van der Waals surface area contributed by atoms with Gasteiger partial charge in [-0.3, -0.25) is 0 Å². The summed E-state index contributed by atoms with van der Waals surface area (Å²) < 4.78 is 9.57. The predicted molar refractivity (Wildman–Crippen MR) is 115 cm³/mol. The van der Waals surface area contributed by atoms with Crippen molar-refractivity contribution in [1.29, 1.82) is 0 Å². The Morgan fingerprint density at radius 3 is 2.52 bits per heavy atom. The Labute approximate surface area is 174 Å². The lowest BCUT2D eigenvalue weighted by Crippen LogP contribution is -2.06. The smallest absolute Gasteiger partial charge is 0.191 e. The van der Waals surface area contributed by atoms with E-state index in [4.69, 9.17) is 4.74 Å². The van der Waals surface area contributed by atoms with Crippen LogP contribution >= 0.6 is 11.8 Å². The molecule has 148 valence electrons. The van der Waals surface area contributed by atoms with E-state index in [9.17, 15) is 0 Å². The Kier molecular flexibility index (Phi) is 6.26. The van der Waals surface area contributed by atoms with Gasteiger partial charge < -0.3 is 13.9 Å². The SMILES string of the molecule is COc1ccc(-c2nnc(SCCn3ccnc3)n2CCc2ccccc2)cc1. The zero-order chi connectivity index (χ0) is 19.9. The van der Waals surface area contributed by atoms with Gasteiger partial charge in [0.05, 0.1) is 13.4 Å². The van der Waals surface area contributed by atoms with Crippen molar-refractivity contribution in [2.75, 3.05) is 12.9 Å². The average Bonchev–Trinajstić information content (AvgIpc) is 3.43. The van der Waals surface area contributed by atoms with Crippen LogP contribution in [0.4, 0.5) is 0 Å². The molecule has 0 saturated carbocycles. The first-order chi connectivity index (χ1) is 14.3. The number of thioether (sulfide) groups is 1. The average molecular weight is 406 g/mol. The maximum atomic E-state index is 5.28. The quantitative estimate of drug-likeness (QED) is 0.391. The number of rotatable bonds is 9. The zero-order valence-corrected chi connectivity index (χ0v) is 17.1. The number of ether oxygens (including phenoxy) is 1. The van der Waals surface area contributed by atoms with Crippen molar-refractivity contribution in [2.24, 2.45) is 0 Å². The van der Waals surface area contributed by atoms with E-state index in [1.807, 2.05) is 42.9 Å². The highest BCUT2D eigenvalue weighted by atomic mass is 32.2. The molecule has 0 bridgehead atoms. The van der Waals surface area contributed by atoms with Crippen LogP contribution in [-0.2, 0) is 19.5 Å². The summed E-state index contributed by atoms with van der Waals surface area (Å²) in [4.78, 5) is 4.10. The standard InChI is InChI=1S/C22H23N5OS/c1-28-20-9-7-19(8-10-20)21-24-25-22(29-16-15-26-14-12-23-17-26)27(21)13-11-18-5-3-2-4-6-18/h2-10,12,14,17H,11,13,15-16H2,1H3. The molecule has 0 aliphatic rings. The number of hydrogen-bond acceptors (Lipinski definition) is 5. The first kappa shape index (κ1) is 19.3. The zero-order valence-electron chi connectivity index (χ0n) is 16.3. The van der Waals surface area contributed by atoms with Gasteiger partial charge in [-0.25, -0.2) is 4.98 Å². The summed E-state index contributed by atoms with van der Waals surface area (Å²) >= 11 is 1.72. The van der Waals surface area contributed by atoms with Gasteiger partial charge in [-0.1, -0.05) is 42.1 Å². The lowest BCUT2D eigenvalue weighted by molar-refractivity contribution is 0.415. The van der Waals surface area contributed by atoms with Crippen LogP contribution in [0, 0.1) is 0 Å². The molecule has 0 unspecified atom stereocenters. The number of imidazole rings is 1. The molecule has 0 fully saturated rings. The Morgan fingerprint density at radius 1 is 0.966 bits per heavy atom. The van der Waals surface area contributed by atoms with Crippen LogP contribution in [0.15, 0.2) is 78.5 Å². The number of aryl methyl sites for hydroxylation is 2. The van der Waals surface area contributed by atoms with Gasteiger partial charge in [0, 0.05) is 36.8 Å². The molecule has 0 saturated heterocycles. The first-order valence-corrected chi connectivity index (χ1v) is 10.5. The highest BCUT2D eigenvalue weighted by Gasteiger charge is 2.14. The number of methoxy groups -OCH3 is 1. The van der Waals surface area contributed by atoms with Crippen molar-refractivity contribution in [3.63, 3.8) is 0 Å². The van der Waals surface area contributed by atoms with Crippen molar-refractivity contribution in [1.82, 2.24) is 24.3 Å². The Hall–Kier alpha value is -3.06. The van der Waals surface area contributed by atoms with Gasteiger partial charge >= 0.3 is 0 Å². The number of hydrogen-bond donors (Lipinski definition) is 0. The van der Waals surface area contributed by atoms with Crippen LogP contribution in [0.1, 0.15) is 5.56 Å². The number of aromatic nitrogens is 5. The Bertz CT molecular complexity index is 1010. The van der Waals surface area contributed by atoms with Gasteiger partial charge in [-0.15, -0.1) is 10.2 Å². The molecule has 0 aliphatic carbocycles. The van der Waals surface area contributed by atoms with E-state index in [1.54, 1.807) is 25.1 Å². The van der Waals surface area contributed by atoms with Gasteiger partial charge in [-0.05, 0) is 36.2 Å². The fourth-order valence-electron chi connectivity index (χ4n) is 3.10. The third-order valence-corrected chi connectivity index (χ3v) is 5.62. The largest absolute Gasteiger partial charge is 0.497 e. The van der Waals surface area contributed by atoms with Crippen molar-refractivity contribution >= 4 is 11.8 Å². The third-order valence-electron chi connectivity index (χ3n) is 4.67. The fourth-order valence-corrected chi connectivity index (χ4v) is 4.01. The third kappa shape index (κ3) is 4.86. The molecule has 0 spiro atoms. The van der Waals surface area contributed by atoms with Crippen molar-refractivity contribution in [3.05, 3.63) is 78.9 Å². The molecule has 4 aromatic rings. The molecule has 7 heteroatoms. The number of benzene rings is 2. The van der Waals surface area contributed by atoms with Crippen LogP contribution in [0.2, 0.25) is 0 Å². The lowest BCUT2D eigenvalue weighted by atomic mass is 10.1. The molecule has 0 amide bonds. The lowest BCUT2D eigenvalue weighted by Gasteiger charge is -2.11. The van der Waals surface area contributed by atoms with Gasteiger partial charge in [0.25, 0.3) is 0 Å². The van der Waals surface area contributed by atoms with E-state index >= 15 is 0 Å². The van der Waals surface area contributed by atoms with Crippen LogP contribution in [-0.4, -0.2) is 37.2 Å². The van der Waals surface area contributed by atoms with Crippen LogP contribution in [0.3, 0.4) is 0 Å². The van der Waals surface area contributed by atoms with Crippen molar-refractivity contribution in [2.45, 2.75) is 24.7 Å². The summed E-state index contributed by atoms with van der Waals surface area (Å²) in [6.07, 6.45) is 6.54. The van der Waals surface area contributed by atoms with Gasteiger partial charge in [-0.2, -0.15) is 0 Å². The van der Waals surface area contributed by atoms with Crippen LogP contribution in [0.25, 0.3) is 11.4 Å². The number of nitrogens with zero attached hydrogens (tertiary/aromatic N) is 5. The summed E-state index contributed by atoms with van der Waals surface area (Å²) in [5.74, 6) is 2.62. The summed E-state index contributed by atoms with van der Waals surface area (Å²) in [5, 5.41) is 9.92. The first-order valence-electron chi connectivity index (χ1n) is 9.53. The van der Waals surface area contributed by atoms with E-state index in [2.05, 4.69) is 48.6 Å². The molecule has 29 heavy (non-hydrogen) atoms. The molecule has 4 rings (SSSR count). The molecule has 0 N–H and O–H groups in total. The Balaban J connectivity index is 1.54. The molecule has 2 aromatic heterocycles. The van der Waals surface area contributed by atoms with E-state index < -0.39 is 0 Å². The van der Waals surface area contributed by atoms with Gasteiger partial charge in [0.1, 0.15) is 5.75 Å².